The third-order valence-corrected chi connectivity index (χ3v) is 2.85. The van der Waals surface area contributed by atoms with Gasteiger partial charge in [0.1, 0.15) is 0 Å². The molecule has 15 heavy (non-hydrogen) atoms. The molecule has 0 saturated carbocycles. The van der Waals surface area contributed by atoms with E-state index in [-0.39, 0.29) is 11.8 Å². The smallest absolute Gasteiger partial charge is 0.160 e. The lowest BCUT2D eigenvalue weighted by atomic mass is 9.93. The van der Waals surface area contributed by atoms with Crippen LogP contribution < -0.4 is 10.5 Å². The molecule has 0 aliphatic heterocycles. The Bertz CT molecular complexity index is 325. The molecule has 0 aromatic heterocycles. The predicted octanol–water partition coefficient (Wildman–Crippen LogP) is 2.45. The van der Waals surface area contributed by atoms with E-state index >= 15 is 0 Å². The monoisotopic (exact) mass is 209 g/mol. The summed E-state index contributed by atoms with van der Waals surface area (Å²) in [6.07, 6.45) is 1.03. The van der Waals surface area contributed by atoms with Crippen molar-refractivity contribution in [3.05, 3.63) is 23.8 Å². The molecule has 0 bridgehead atoms. The van der Waals surface area contributed by atoms with Gasteiger partial charge in [-0.05, 0) is 23.6 Å². The first-order valence-electron chi connectivity index (χ1n) is 5.22. The zero-order valence-corrected chi connectivity index (χ0v) is 9.53. The number of ether oxygens (including phenoxy) is 1. The Morgan fingerprint density at radius 1 is 1.47 bits per heavy atom. The number of hydrogen-bond donors (Lipinski definition) is 2. The summed E-state index contributed by atoms with van der Waals surface area (Å²) < 4.78 is 5.04. The zero-order chi connectivity index (χ0) is 11.4. The first kappa shape index (κ1) is 11.9. The summed E-state index contributed by atoms with van der Waals surface area (Å²) in [5.41, 5.74) is 7.08. The molecule has 1 rings (SSSR count). The van der Waals surface area contributed by atoms with Crippen LogP contribution in [0.4, 0.5) is 0 Å². The Hall–Kier alpha value is -1.22. The highest BCUT2D eigenvalue weighted by molar-refractivity contribution is 5.42. The van der Waals surface area contributed by atoms with Crippen LogP contribution in [-0.4, -0.2) is 12.2 Å². The van der Waals surface area contributed by atoms with Gasteiger partial charge in [-0.15, -0.1) is 0 Å². The quantitative estimate of drug-likeness (QED) is 0.800. The number of nitrogens with two attached hydrogens (primary N) is 1. The van der Waals surface area contributed by atoms with Crippen LogP contribution in [0.1, 0.15) is 31.9 Å². The molecule has 3 nitrogen and oxygen atoms in total. The van der Waals surface area contributed by atoms with E-state index in [1.165, 1.54) is 7.11 Å². The molecule has 0 spiro atoms. The zero-order valence-electron chi connectivity index (χ0n) is 9.53. The van der Waals surface area contributed by atoms with Gasteiger partial charge >= 0.3 is 0 Å². The third-order valence-electron chi connectivity index (χ3n) is 2.85. The van der Waals surface area contributed by atoms with Crippen molar-refractivity contribution < 1.29 is 9.84 Å². The van der Waals surface area contributed by atoms with Gasteiger partial charge in [-0.25, -0.2) is 0 Å². The third kappa shape index (κ3) is 2.63. The number of benzene rings is 1. The van der Waals surface area contributed by atoms with E-state index in [1.54, 1.807) is 12.1 Å². The van der Waals surface area contributed by atoms with E-state index in [0.717, 1.165) is 12.0 Å². The Morgan fingerprint density at radius 3 is 2.67 bits per heavy atom. The summed E-state index contributed by atoms with van der Waals surface area (Å²) in [5, 5.41) is 9.45. The molecule has 0 heterocycles. The van der Waals surface area contributed by atoms with Gasteiger partial charge in [0.2, 0.25) is 0 Å². The van der Waals surface area contributed by atoms with Gasteiger partial charge < -0.3 is 15.6 Å². The van der Waals surface area contributed by atoms with Gasteiger partial charge in [0.25, 0.3) is 0 Å². The molecule has 3 heteroatoms. The summed E-state index contributed by atoms with van der Waals surface area (Å²) >= 11 is 0. The van der Waals surface area contributed by atoms with Crippen molar-refractivity contribution in [2.24, 2.45) is 11.7 Å². The van der Waals surface area contributed by atoms with E-state index < -0.39 is 0 Å². The van der Waals surface area contributed by atoms with Crippen LogP contribution in [0.3, 0.4) is 0 Å². The fraction of sp³-hybridized carbons (Fsp3) is 0.500. The van der Waals surface area contributed by atoms with E-state index in [0.29, 0.717) is 11.7 Å². The number of rotatable bonds is 4. The minimum absolute atomic E-state index is 0.00972. The SMILES string of the molecule is CCC(C)[C@H](N)c1ccc(O)c(OC)c1. The van der Waals surface area contributed by atoms with Crippen LogP contribution in [0.5, 0.6) is 11.5 Å². The maximum Gasteiger partial charge on any atom is 0.160 e. The molecular weight excluding hydrogens is 190 g/mol. The summed E-state index contributed by atoms with van der Waals surface area (Å²) in [5.74, 6) is 1.04. The number of aromatic hydroxyl groups is 1. The standard InChI is InChI=1S/C12H19NO2/c1-4-8(2)12(13)9-5-6-10(14)11(7-9)15-3/h5-8,12,14H,4,13H2,1-3H3/t8?,12-/m0/s1. The Labute approximate surface area is 90.9 Å². The largest absolute Gasteiger partial charge is 0.504 e. The van der Waals surface area contributed by atoms with Crippen molar-refractivity contribution in [1.29, 1.82) is 0 Å². The molecule has 1 aromatic carbocycles. The summed E-state index contributed by atoms with van der Waals surface area (Å²) in [4.78, 5) is 0. The molecule has 2 atom stereocenters. The highest BCUT2D eigenvalue weighted by Crippen LogP contribution is 2.31. The van der Waals surface area contributed by atoms with Crippen LogP contribution in [0, 0.1) is 5.92 Å². The first-order valence-corrected chi connectivity index (χ1v) is 5.22. The molecule has 1 unspecified atom stereocenters. The highest BCUT2D eigenvalue weighted by Gasteiger charge is 2.14. The molecule has 0 radical (unpaired) electrons. The fourth-order valence-corrected chi connectivity index (χ4v) is 1.48. The first-order chi connectivity index (χ1) is 7.10. The lowest BCUT2D eigenvalue weighted by molar-refractivity contribution is 0.371. The molecule has 0 aliphatic rings. The molecule has 3 N–H and O–H groups in total. The number of hydrogen-bond acceptors (Lipinski definition) is 3. The molecule has 1 aromatic rings. The van der Waals surface area contributed by atoms with Gasteiger partial charge in [-0.2, -0.15) is 0 Å². The number of phenols is 1. The van der Waals surface area contributed by atoms with Gasteiger partial charge in [-0.3, -0.25) is 0 Å². The second-order valence-electron chi connectivity index (χ2n) is 3.84. The topological polar surface area (TPSA) is 55.5 Å². The Balaban J connectivity index is 2.95. The second-order valence-corrected chi connectivity index (χ2v) is 3.84. The highest BCUT2D eigenvalue weighted by atomic mass is 16.5. The Kier molecular flexibility index (Phi) is 3.97. The molecule has 0 aliphatic carbocycles. The van der Waals surface area contributed by atoms with Crippen LogP contribution in [-0.2, 0) is 0 Å². The van der Waals surface area contributed by atoms with Crippen LogP contribution in [0.15, 0.2) is 18.2 Å². The van der Waals surface area contributed by atoms with Crippen LogP contribution in [0.25, 0.3) is 0 Å². The van der Waals surface area contributed by atoms with Crippen molar-refractivity contribution in [3.8, 4) is 11.5 Å². The predicted molar refractivity (Wildman–Crippen MR) is 61.0 cm³/mol. The number of phenolic OH excluding ortho intramolecular Hbond substituents is 1. The molecule has 0 saturated heterocycles. The van der Waals surface area contributed by atoms with Crippen molar-refractivity contribution in [1.82, 2.24) is 0 Å². The minimum atomic E-state index is -0.00972. The maximum absolute atomic E-state index is 9.45. The number of methoxy groups -OCH3 is 1. The van der Waals surface area contributed by atoms with Crippen molar-refractivity contribution in [2.45, 2.75) is 26.3 Å². The molecule has 84 valence electrons. The van der Waals surface area contributed by atoms with E-state index in [2.05, 4.69) is 13.8 Å². The van der Waals surface area contributed by atoms with Crippen molar-refractivity contribution >= 4 is 0 Å². The fourth-order valence-electron chi connectivity index (χ4n) is 1.48. The van der Waals surface area contributed by atoms with Crippen molar-refractivity contribution in [2.75, 3.05) is 7.11 Å². The van der Waals surface area contributed by atoms with Gasteiger partial charge in [0.05, 0.1) is 7.11 Å². The normalized spacial score (nSPS) is 14.7. The average Bonchev–Trinajstić information content (AvgIpc) is 2.27. The van der Waals surface area contributed by atoms with E-state index in [1.807, 2.05) is 6.07 Å². The summed E-state index contributed by atoms with van der Waals surface area (Å²) in [6.45, 7) is 4.23. The molecular formula is C12H19NO2. The van der Waals surface area contributed by atoms with Gasteiger partial charge in [0, 0.05) is 6.04 Å². The summed E-state index contributed by atoms with van der Waals surface area (Å²) in [6, 6.07) is 5.25. The lowest BCUT2D eigenvalue weighted by Gasteiger charge is -2.19. The van der Waals surface area contributed by atoms with Crippen molar-refractivity contribution in [3.63, 3.8) is 0 Å². The van der Waals surface area contributed by atoms with E-state index in [9.17, 15) is 5.11 Å². The van der Waals surface area contributed by atoms with Crippen LogP contribution in [0.2, 0.25) is 0 Å². The van der Waals surface area contributed by atoms with Gasteiger partial charge in [0.15, 0.2) is 11.5 Å². The van der Waals surface area contributed by atoms with Gasteiger partial charge in [-0.1, -0.05) is 26.3 Å². The average molecular weight is 209 g/mol. The second kappa shape index (κ2) is 5.03. The maximum atomic E-state index is 9.45. The molecule has 0 amide bonds. The minimum Gasteiger partial charge on any atom is -0.504 e. The molecule has 0 fully saturated rings. The van der Waals surface area contributed by atoms with E-state index in [4.69, 9.17) is 10.5 Å². The Morgan fingerprint density at radius 2 is 2.13 bits per heavy atom. The lowest BCUT2D eigenvalue weighted by Crippen LogP contribution is -2.18. The summed E-state index contributed by atoms with van der Waals surface area (Å²) in [7, 11) is 1.54. The van der Waals surface area contributed by atoms with Crippen LogP contribution >= 0.6 is 0 Å².